The van der Waals surface area contributed by atoms with Gasteiger partial charge in [0.2, 0.25) is 10.0 Å². The highest BCUT2D eigenvalue weighted by Gasteiger charge is 2.17. The standard InChI is InChI=1S/C20H26N2O6S/c1-14(15-6-11-18(26-4)19(12-15)27-5)21-20(23)13-28-16-7-9-17(10-8-16)29(24,25)22(2)3/h6-12,14H,13H2,1-5H3,(H,21,23). The number of rotatable bonds is 9. The van der Waals surface area contributed by atoms with Crippen LogP contribution in [0.15, 0.2) is 47.4 Å². The summed E-state index contributed by atoms with van der Waals surface area (Å²) in [7, 11) is 2.53. The van der Waals surface area contributed by atoms with Gasteiger partial charge in [-0.25, -0.2) is 12.7 Å². The van der Waals surface area contributed by atoms with Gasteiger partial charge in [0, 0.05) is 14.1 Å². The number of carbonyl (C=O) groups is 1. The summed E-state index contributed by atoms with van der Waals surface area (Å²) < 4.78 is 41.2. The normalized spacial score (nSPS) is 12.3. The molecule has 0 saturated carbocycles. The molecule has 1 N–H and O–H groups in total. The van der Waals surface area contributed by atoms with Crippen molar-refractivity contribution in [3.63, 3.8) is 0 Å². The van der Waals surface area contributed by atoms with Gasteiger partial charge in [0.25, 0.3) is 5.91 Å². The minimum Gasteiger partial charge on any atom is -0.493 e. The maximum Gasteiger partial charge on any atom is 0.258 e. The Bertz CT molecular complexity index is 942. The van der Waals surface area contributed by atoms with Crippen LogP contribution in [0.1, 0.15) is 18.5 Å². The average molecular weight is 423 g/mol. The molecule has 0 aliphatic carbocycles. The van der Waals surface area contributed by atoms with E-state index in [1.165, 1.54) is 38.4 Å². The van der Waals surface area contributed by atoms with E-state index in [1.807, 2.05) is 13.0 Å². The monoisotopic (exact) mass is 422 g/mol. The molecule has 1 unspecified atom stereocenters. The highest BCUT2D eigenvalue weighted by atomic mass is 32.2. The Labute approximate surface area is 171 Å². The number of ether oxygens (including phenoxy) is 3. The molecular weight excluding hydrogens is 396 g/mol. The van der Waals surface area contributed by atoms with Gasteiger partial charge in [0.15, 0.2) is 18.1 Å². The van der Waals surface area contributed by atoms with Crippen molar-refractivity contribution in [1.82, 2.24) is 9.62 Å². The second kappa shape index (κ2) is 9.62. The lowest BCUT2D eigenvalue weighted by molar-refractivity contribution is -0.123. The van der Waals surface area contributed by atoms with Crippen molar-refractivity contribution in [2.75, 3.05) is 34.9 Å². The van der Waals surface area contributed by atoms with Gasteiger partial charge in [-0.3, -0.25) is 4.79 Å². The van der Waals surface area contributed by atoms with Gasteiger partial charge in [0.1, 0.15) is 5.75 Å². The van der Waals surface area contributed by atoms with E-state index in [4.69, 9.17) is 14.2 Å². The van der Waals surface area contributed by atoms with Crippen LogP contribution in [0, 0.1) is 0 Å². The molecule has 1 atom stereocenters. The van der Waals surface area contributed by atoms with Gasteiger partial charge < -0.3 is 19.5 Å². The number of benzene rings is 2. The van der Waals surface area contributed by atoms with E-state index in [0.29, 0.717) is 17.2 Å². The summed E-state index contributed by atoms with van der Waals surface area (Å²) in [6.07, 6.45) is 0. The molecule has 2 rings (SSSR count). The van der Waals surface area contributed by atoms with Crippen molar-refractivity contribution in [2.45, 2.75) is 17.9 Å². The van der Waals surface area contributed by atoms with E-state index in [-0.39, 0.29) is 23.5 Å². The Morgan fingerprint density at radius 2 is 1.66 bits per heavy atom. The summed E-state index contributed by atoms with van der Waals surface area (Å²) in [6, 6.07) is 11.1. The molecule has 0 aliphatic rings. The summed E-state index contributed by atoms with van der Waals surface area (Å²) in [5.41, 5.74) is 0.856. The van der Waals surface area contributed by atoms with Crippen LogP contribution in [0.25, 0.3) is 0 Å². The van der Waals surface area contributed by atoms with Crippen LogP contribution >= 0.6 is 0 Å². The van der Waals surface area contributed by atoms with Crippen LogP contribution in [0.5, 0.6) is 17.2 Å². The first-order valence-corrected chi connectivity index (χ1v) is 10.3. The maximum absolute atomic E-state index is 12.2. The molecule has 8 nitrogen and oxygen atoms in total. The average Bonchev–Trinajstić information content (AvgIpc) is 2.71. The summed E-state index contributed by atoms with van der Waals surface area (Å²) in [5, 5.41) is 2.84. The van der Waals surface area contributed by atoms with Crippen LogP contribution in [-0.4, -0.2) is 53.6 Å². The van der Waals surface area contributed by atoms with E-state index < -0.39 is 10.0 Å². The zero-order chi connectivity index (χ0) is 21.6. The fourth-order valence-electron chi connectivity index (χ4n) is 2.56. The second-order valence-corrected chi connectivity index (χ2v) is 8.60. The number of methoxy groups -OCH3 is 2. The molecule has 2 aromatic carbocycles. The van der Waals surface area contributed by atoms with E-state index in [9.17, 15) is 13.2 Å². The second-order valence-electron chi connectivity index (χ2n) is 6.45. The Morgan fingerprint density at radius 1 is 1.03 bits per heavy atom. The van der Waals surface area contributed by atoms with E-state index in [1.54, 1.807) is 26.4 Å². The molecule has 158 valence electrons. The number of nitrogens with one attached hydrogen (secondary N) is 1. The van der Waals surface area contributed by atoms with Gasteiger partial charge in [-0.1, -0.05) is 6.07 Å². The number of hydrogen-bond donors (Lipinski definition) is 1. The van der Waals surface area contributed by atoms with Crippen LogP contribution in [0.3, 0.4) is 0 Å². The van der Waals surface area contributed by atoms with Crippen LogP contribution in [-0.2, 0) is 14.8 Å². The number of hydrogen-bond acceptors (Lipinski definition) is 6. The minimum absolute atomic E-state index is 0.154. The zero-order valence-corrected chi connectivity index (χ0v) is 17.9. The lowest BCUT2D eigenvalue weighted by Gasteiger charge is -2.17. The molecule has 0 heterocycles. The summed E-state index contributed by atoms with van der Waals surface area (Å²) in [5.74, 6) is 1.28. The Morgan fingerprint density at radius 3 is 2.21 bits per heavy atom. The molecule has 0 saturated heterocycles. The molecule has 9 heteroatoms. The first-order chi connectivity index (χ1) is 13.7. The van der Waals surface area contributed by atoms with Gasteiger partial charge in [0.05, 0.1) is 25.2 Å². The van der Waals surface area contributed by atoms with Crippen LogP contribution < -0.4 is 19.5 Å². The third-order valence-corrected chi connectivity index (χ3v) is 6.09. The predicted molar refractivity (Wildman–Crippen MR) is 109 cm³/mol. The molecule has 1 amide bonds. The van der Waals surface area contributed by atoms with Crippen molar-refractivity contribution in [1.29, 1.82) is 0 Å². The largest absolute Gasteiger partial charge is 0.493 e. The molecule has 0 radical (unpaired) electrons. The zero-order valence-electron chi connectivity index (χ0n) is 17.1. The SMILES string of the molecule is COc1ccc(C(C)NC(=O)COc2ccc(S(=O)(=O)N(C)C)cc2)cc1OC. The van der Waals surface area contributed by atoms with Gasteiger partial charge in [-0.05, 0) is 48.9 Å². The molecule has 0 aliphatic heterocycles. The summed E-state index contributed by atoms with van der Waals surface area (Å²) in [6.45, 7) is 1.65. The van der Waals surface area contributed by atoms with Crippen LogP contribution in [0.2, 0.25) is 0 Å². The van der Waals surface area contributed by atoms with Gasteiger partial charge in [-0.2, -0.15) is 0 Å². The smallest absolute Gasteiger partial charge is 0.258 e. The number of carbonyl (C=O) groups excluding carboxylic acids is 1. The first kappa shape index (κ1) is 22.5. The molecule has 2 aromatic rings. The third kappa shape index (κ3) is 5.61. The van der Waals surface area contributed by atoms with Crippen LogP contribution in [0.4, 0.5) is 0 Å². The van der Waals surface area contributed by atoms with Crippen molar-refractivity contribution in [3.05, 3.63) is 48.0 Å². The predicted octanol–water partition coefficient (Wildman–Crippen LogP) is 2.21. The lowest BCUT2D eigenvalue weighted by atomic mass is 10.1. The van der Waals surface area contributed by atoms with Crippen molar-refractivity contribution in [2.24, 2.45) is 0 Å². The quantitative estimate of drug-likeness (QED) is 0.666. The highest BCUT2D eigenvalue weighted by Crippen LogP contribution is 2.29. The number of amides is 1. The van der Waals surface area contributed by atoms with Crippen molar-refractivity contribution < 1.29 is 27.4 Å². The van der Waals surface area contributed by atoms with Gasteiger partial charge >= 0.3 is 0 Å². The van der Waals surface area contributed by atoms with Gasteiger partial charge in [-0.15, -0.1) is 0 Å². The molecule has 0 bridgehead atoms. The van der Waals surface area contributed by atoms with Crippen molar-refractivity contribution >= 4 is 15.9 Å². The third-order valence-electron chi connectivity index (χ3n) is 4.26. The fraction of sp³-hybridized carbons (Fsp3) is 0.350. The van der Waals surface area contributed by atoms with E-state index >= 15 is 0 Å². The fourth-order valence-corrected chi connectivity index (χ4v) is 3.46. The van der Waals surface area contributed by atoms with E-state index in [0.717, 1.165) is 9.87 Å². The Hall–Kier alpha value is -2.78. The molecule has 0 fully saturated rings. The lowest BCUT2D eigenvalue weighted by Crippen LogP contribution is -2.31. The topological polar surface area (TPSA) is 94.2 Å². The molecule has 0 aromatic heterocycles. The minimum atomic E-state index is -3.50. The first-order valence-electron chi connectivity index (χ1n) is 8.85. The molecular formula is C20H26N2O6S. The Kier molecular flexibility index (Phi) is 7.46. The summed E-state index contributed by atoms with van der Waals surface area (Å²) in [4.78, 5) is 12.4. The summed E-state index contributed by atoms with van der Waals surface area (Å²) >= 11 is 0. The highest BCUT2D eigenvalue weighted by molar-refractivity contribution is 7.89. The molecule has 0 spiro atoms. The maximum atomic E-state index is 12.2. The van der Waals surface area contributed by atoms with Crippen molar-refractivity contribution in [3.8, 4) is 17.2 Å². The Balaban J connectivity index is 1.94. The number of nitrogens with zero attached hydrogens (tertiary/aromatic N) is 1. The van der Waals surface area contributed by atoms with E-state index in [2.05, 4.69) is 5.32 Å². The number of sulfonamides is 1. The molecule has 29 heavy (non-hydrogen) atoms.